The normalized spacial score (nSPS) is 12.7. The molecule has 0 fully saturated rings. The van der Waals surface area contributed by atoms with Gasteiger partial charge in [-0.25, -0.2) is 4.98 Å². The summed E-state index contributed by atoms with van der Waals surface area (Å²) in [6, 6.07) is 13.4. The summed E-state index contributed by atoms with van der Waals surface area (Å²) >= 11 is 0. The Kier molecular flexibility index (Phi) is 4.69. The van der Waals surface area contributed by atoms with E-state index >= 15 is 0 Å². The lowest BCUT2D eigenvalue weighted by Crippen LogP contribution is -2.30. The van der Waals surface area contributed by atoms with Gasteiger partial charge < -0.3 is 15.2 Å². The van der Waals surface area contributed by atoms with E-state index in [9.17, 15) is 9.59 Å². The molecule has 0 saturated carbocycles. The van der Waals surface area contributed by atoms with Crippen molar-refractivity contribution in [3.8, 4) is 0 Å². The molecule has 1 aliphatic heterocycles. The van der Waals surface area contributed by atoms with Crippen molar-refractivity contribution in [2.75, 3.05) is 16.8 Å². The van der Waals surface area contributed by atoms with Crippen molar-refractivity contribution >= 4 is 17.4 Å². The van der Waals surface area contributed by atoms with Crippen molar-refractivity contribution in [1.82, 2.24) is 9.97 Å². The fourth-order valence-corrected chi connectivity index (χ4v) is 3.69. The largest absolute Gasteiger partial charge is 0.365 e. The van der Waals surface area contributed by atoms with Crippen LogP contribution < -0.4 is 15.8 Å². The molecular weight excluding hydrogens is 352 g/mol. The molecule has 6 heteroatoms. The van der Waals surface area contributed by atoms with E-state index in [0.29, 0.717) is 30.0 Å². The van der Waals surface area contributed by atoms with Crippen LogP contribution in [0.3, 0.4) is 0 Å². The summed E-state index contributed by atoms with van der Waals surface area (Å²) in [6.45, 7) is 4.72. The van der Waals surface area contributed by atoms with E-state index in [-0.39, 0.29) is 11.5 Å². The number of fused-ring (bicyclic) bond motifs is 1. The highest BCUT2D eigenvalue weighted by Crippen LogP contribution is 2.30. The van der Waals surface area contributed by atoms with E-state index in [1.54, 1.807) is 23.2 Å². The SMILES string of the molecule is Cc1cc(C)c(CNc2ncccc2C(=O)N2CCc3ccccc32)c(=O)[nH]1. The zero-order chi connectivity index (χ0) is 19.7. The number of pyridine rings is 2. The molecule has 0 saturated heterocycles. The Bertz CT molecular complexity index is 1100. The maximum absolute atomic E-state index is 13.2. The Labute approximate surface area is 163 Å². The van der Waals surface area contributed by atoms with Crippen LogP contribution in [0.1, 0.15) is 32.7 Å². The van der Waals surface area contributed by atoms with Gasteiger partial charge in [0.15, 0.2) is 0 Å². The zero-order valence-electron chi connectivity index (χ0n) is 16.0. The molecule has 0 aliphatic carbocycles. The Morgan fingerprint density at radius 3 is 2.86 bits per heavy atom. The molecule has 4 rings (SSSR count). The monoisotopic (exact) mass is 374 g/mol. The maximum atomic E-state index is 13.2. The van der Waals surface area contributed by atoms with Gasteiger partial charge in [0.1, 0.15) is 5.82 Å². The fraction of sp³-hybridized carbons (Fsp3) is 0.227. The number of aromatic nitrogens is 2. The van der Waals surface area contributed by atoms with Gasteiger partial charge in [0.25, 0.3) is 11.5 Å². The number of aromatic amines is 1. The van der Waals surface area contributed by atoms with Crippen molar-refractivity contribution < 1.29 is 4.79 Å². The predicted molar refractivity (Wildman–Crippen MR) is 110 cm³/mol. The first-order valence-electron chi connectivity index (χ1n) is 9.32. The topological polar surface area (TPSA) is 78.1 Å². The van der Waals surface area contributed by atoms with Crippen LogP contribution in [0.4, 0.5) is 11.5 Å². The Hall–Kier alpha value is -3.41. The molecule has 3 aromatic rings. The number of para-hydroxylation sites is 1. The average Bonchev–Trinajstić information content (AvgIpc) is 3.11. The van der Waals surface area contributed by atoms with Gasteiger partial charge in [-0.15, -0.1) is 0 Å². The molecule has 0 spiro atoms. The summed E-state index contributed by atoms with van der Waals surface area (Å²) in [5.41, 5.74) is 4.88. The van der Waals surface area contributed by atoms with Crippen LogP contribution in [0.5, 0.6) is 0 Å². The molecule has 2 aromatic heterocycles. The van der Waals surface area contributed by atoms with Gasteiger partial charge >= 0.3 is 0 Å². The standard InChI is InChI=1S/C22H22N4O2/c1-14-12-15(2)25-21(27)18(14)13-24-20-17(7-5-10-23-20)22(28)26-11-9-16-6-3-4-8-19(16)26/h3-8,10,12H,9,11,13H2,1-2H3,(H,23,24)(H,25,27). The van der Waals surface area contributed by atoms with Gasteiger partial charge in [0.2, 0.25) is 0 Å². The van der Waals surface area contributed by atoms with Crippen LogP contribution in [0, 0.1) is 13.8 Å². The molecule has 0 radical (unpaired) electrons. The van der Waals surface area contributed by atoms with Crippen molar-refractivity contribution in [2.45, 2.75) is 26.8 Å². The predicted octanol–water partition coefficient (Wildman–Crippen LogP) is 3.20. The average molecular weight is 374 g/mol. The smallest absolute Gasteiger partial charge is 0.262 e. The summed E-state index contributed by atoms with van der Waals surface area (Å²) < 4.78 is 0. The van der Waals surface area contributed by atoms with Gasteiger partial charge in [0, 0.05) is 36.2 Å². The number of nitrogens with one attached hydrogen (secondary N) is 2. The van der Waals surface area contributed by atoms with E-state index in [2.05, 4.69) is 21.4 Å². The first-order valence-corrected chi connectivity index (χ1v) is 9.32. The number of hydrogen-bond donors (Lipinski definition) is 2. The molecule has 6 nitrogen and oxygen atoms in total. The molecule has 1 amide bonds. The van der Waals surface area contributed by atoms with Crippen LogP contribution in [0.2, 0.25) is 0 Å². The van der Waals surface area contributed by atoms with E-state index in [0.717, 1.165) is 23.4 Å². The number of carbonyl (C=O) groups is 1. The second-order valence-corrected chi connectivity index (χ2v) is 7.03. The third kappa shape index (κ3) is 3.29. The van der Waals surface area contributed by atoms with Crippen molar-refractivity contribution in [1.29, 1.82) is 0 Å². The zero-order valence-corrected chi connectivity index (χ0v) is 16.0. The summed E-state index contributed by atoms with van der Waals surface area (Å²) in [7, 11) is 0. The third-order valence-corrected chi connectivity index (χ3v) is 5.10. The van der Waals surface area contributed by atoms with Crippen LogP contribution in [-0.2, 0) is 13.0 Å². The molecule has 142 valence electrons. The number of anilines is 2. The fourth-order valence-electron chi connectivity index (χ4n) is 3.69. The summed E-state index contributed by atoms with van der Waals surface area (Å²) in [5.74, 6) is 0.395. The van der Waals surface area contributed by atoms with Crippen LogP contribution in [0.15, 0.2) is 53.5 Å². The number of rotatable bonds is 4. The highest BCUT2D eigenvalue weighted by atomic mass is 16.2. The van der Waals surface area contributed by atoms with Gasteiger partial charge in [-0.2, -0.15) is 0 Å². The molecule has 2 N–H and O–H groups in total. The highest BCUT2D eigenvalue weighted by Gasteiger charge is 2.27. The maximum Gasteiger partial charge on any atom is 0.262 e. The molecule has 1 aromatic carbocycles. The van der Waals surface area contributed by atoms with Gasteiger partial charge in [-0.05, 0) is 55.7 Å². The van der Waals surface area contributed by atoms with Crippen LogP contribution >= 0.6 is 0 Å². The quantitative estimate of drug-likeness (QED) is 0.735. The van der Waals surface area contributed by atoms with Crippen LogP contribution in [0.25, 0.3) is 0 Å². The van der Waals surface area contributed by atoms with Gasteiger partial charge in [-0.1, -0.05) is 18.2 Å². The van der Waals surface area contributed by atoms with Gasteiger partial charge in [0.05, 0.1) is 5.56 Å². The molecule has 3 heterocycles. The van der Waals surface area contributed by atoms with Gasteiger partial charge in [-0.3, -0.25) is 9.59 Å². The lowest BCUT2D eigenvalue weighted by Gasteiger charge is -2.19. The summed E-state index contributed by atoms with van der Waals surface area (Å²) in [5, 5.41) is 3.18. The van der Waals surface area contributed by atoms with E-state index in [4.69, 9.17) is 0 Å². The lowest BCUT2D eigenvalue weighted by molar-refractivity contribution is 0.0990. The Morgan fingerprint density at radius 2 is 2.04 bits per heavy atom. The molecule has 28 heavy (non-hydrogen) atoms. The summed E-state index contributed by atoms with van der Waals surface area (Å²) in [6.07, 6.45) is 2.49. The molecule has 1 aliphatic rings. The Balaban J connectivity index is 1.60. The Morgan fingerprint density at radius 1 is 1.21 bits per heavy atom. The van der Waals surface area contributed by atoms with Crippen molar-refractivity contribution in [3.63, 3.8) is 0 Å². The van der Waals surface area contributed by atoms with E-state index in [1.807, 2.05) is 38.1 Å². The van der Waals surface area contributed by atoms with Crippen molar-refractivity contribution in [2.24, 2.45) is 0 Å². The molecule has 0 bridgehead atoms. The second kappa shape index (κ2) is 7.31. The highest BCUT2D eigenvalue weighted by molar-refractivity contribution is 6.10. The number of nitrogens with zero attached hydrogens (tertiary/aromatic N) is 2. The van der Waals surface area contributed by atoms with Crippen molar-refractivity contribution in [3.05, 3.63) is 87.0 Å². The number of amides is 1. The minimum Gasteiger partial charge on any atom is -0.365 e. The minimum absolute atomic E-state index is 0.0879. The van der Waals surface area contributed by atoms with E-state index in [1.165, 1.54) is 5.56 Å². The number of benzene rings is 1. The molecular formula is C22H22N4O2. The molecule has 0 atom stereocenters. The van der Waals surface area contributed by atoms with Crippen LogP contribution in [-0.4, -0.2) is 22.4 Å². The third-order valence-electron chi connectivity index (χ3n) is 5.10. The molecule has 0 unspecified atom stereocenters. The number of aryl methyl sites for hydroxylation is 2. The summed E-state index contributed by atoms with van der Waals surface area (Å²) in [4.78, 5) is 34.4. The number of hydrogen-bond acceptors (Lipinski definition) is 4. The number of H-pyrrole nitrogens is 1. The number of carbonyl (C=O) groups excluding carboxylic acids is 1. The first-order chi connectivity index (χ1) is 13.5. The first kappa shape index (κ1) is 18.0. The lowest BCUT2D eigenvalue weighted by atomic mass is 10.1. The minimum atomic E-state index is -0.123. The van der Waals surface area contributed by atoms with E-state index < -0.39 is 0 Å². The second-order valence-electron chi connectivity index (χ2n) is 7.03.